The summed E-state index contributed by atoms with van der Waals surface area (Å²) in [5, 5.41) is 8.90. The number of carboxylic acids is 1. The molecule has 1 aliphatic heterocycles. The van der Waals surface area contributed by atoms with Crippen molar-refractivity contribution in [3.8, 4) is 5.75 Å². The minimum atomic E-state index is -0.789. The van der Waals surface area contributed by atoms with Gasteiger partial charge in [-0.1, -0.05) is 25.1 Å². The van der Waals surface area contributed by atoms with Gasteiger partial charge in [-0.05, 0) is 18.6 Å². The van der Waals surface area contributed by atoms with Crippen molar-refractivity contribution >= 4 is 11.9 Å². The number of carbonyl (C=O) groups excluding carboxylic acids is 1. The Morgan fingerprint density at radius 2 is 2.00 bits per heavy atom. The molecule has 1 N–H and O–H groups in total. The lowest BCUT2D eigenvalue weighted by molar-refractivity contribution is -0.150. The first-order valence-electron chi connectivity index (χ1n) is 7.26. The van der Waals surface area contributed by atoms with Gasteiger partial charge in [0.2, 0.25) is 5.91 Å². The molecule has 1 fully saturated rings. The zero-order valence-corrected chi connectivity index (χ0v) is 12.2. The van der Waals surface area contributed by atoms with Crippen molar-refractivity contribution in [1.29, 1.82) is 0 Å². The molecule has 5 nitrogen and oxygen atoms in total. The first-order valence-corrected chi connectivity index (χ1v) is 7.26. The van der Waals surface area contributed by atoms with E-state index < -0.39 is 5.97 Å². The van der Waals surface area contributed by atoms with E-state index in [-0.39, 0.29) is 17.7 Å². The van der Waals surface area contributed by atoms with E-state index in [0.717, 1.165) is 5.75 Å². The van der Waals surface area contributed by atoms with Gasteiger partial charge in [0.05, 0.1) is 12.5 Å². The molecular formula is C16H21NO4. The first-order chi connectivity index (χ1) is 10.1. The summed E-state index contributed by atoms with van der Waals surface area (Å²) in [7, 11) is 0. The monoisotopic (exact) mass is 291 g/mol. The second kappa shape index (κ2) is 7.11. The van der Waals surface area contributed by atoms with E-state index in [1.54, 1.807) is 11.8 Å². The van der Waals surface area contributed by atoms with E-state index >= 15 is 0 Å². The van der Waals surface area contributed by atoms with Crippen LogP contribution in [0.5, 0.6) is 5.75 Å². The summed E-state index contributed by atoms with van der Waals surface area (Å²) in [6.45, 7) is 3.33. The van der Waals surface area contributed by atoms with Gasteiger partial charge in [-0.15, -0.1) is 0 Å². The van der Waals surface area contributed by atoms with Crippen molar-refractivity contribution in [3.63, 3.8) is 0 Å². The highest BCUT2D eigenvalue weighted by molar-refractivity contribution is 5.77. The SMILES string of the molecule is CC(C(=O)O)C1CN(C(=O)CCCOc2ccccc2)C1. The van der Waals surface area contributed by atoms with E-state index in [9.17, 15) is 9.59 Å². The normalized spacial score (nSPS) is 16.1. The fourth-order valence-electron chi connectivity index (χ4n) is 2.32. The maximum Gasteiger partial charge on any atom is 0.306 e. The van der Waals surface area contributed by atoms with E-state index in [2.05, 4.69) is 0 Å². The van der Waals surface area contributed by atoms with Crippen LogP contribution in [-0.4, -0.2) is 41.6 Å². The highest BCUT2D eigenvalue weighted by Crippen LogP contribution is 2.24. The van der Waals surface area contributed by atoms with E-state index in [1.165, 1.54) is 0 Å². The van der Waals surface area contributed by atoms with Gasteiger partial charge in [-0.2, -0.15) is 0 Å². The van der Waals surface area contributed by atoms with Crippen LogP contribution in [0, 0.1) is 11.8 Å². The summed E-state index contributed by atoms with van der Waals surface area (Å²) in [4.78, 5) is 24.5. The Labute approximate surface area is 124 Å². The fraction of sp³-hybridized carbons (Fsp3) is 0.500. The molecule has 0 aromatic heterocycles. The Morgan fingerprint density at radius 3 is 2.62 bits per heavy atom. The topological polar surface area (TPSA) is 66.8 Å². The number of carboxylic acid groups (broad SMARTS) is 1. The molecule has 114 valence electrons. The average molecular weight is 291 g/mol. The predicted octanol–water partition coefficient (Wildman–Crippen LogP) is 2.02. The highest BCUT2D eigenvalue weighted by atomic mass is 16.5. The van der Waals surface area contributed by atoms with Crippen molar-refractivity contribution in [1.82, 2.24) is 4.90 Å². The van der Waals surface area contributed by atoms with Crippen LogP contribution in [0.25, 0.3) is 0 Å². The number of carbonyl (C=O) groups is 2. The quantitative estimate of drug-likeness (QED) is 0.781. The standard InChI is InChI=1S/C16H21NO4/c1-12(16(19)20)13-10-17(11-13)15(18)8-5-9-21-14-6-3-2-4-7-14/h2-4,6-7,12-13H,5,8-11H2,1H3,(H,19,20). The van der Waals surface area contributed by atoms with Gasteiger partial charge in [-0.25, -0.2) is 0 Å². The van der Waals surface area contributed by atoms with Gasteiger partial charge in [-0.3, -0.25) is 9.59 Å². The van der Waals surface area contributed by atoms with Crippen molar-refractivity contribution in [2.45, 2.75) is 19.8 Å². The molecule has 1 atom stereocenters. The third kappa shape index (κ3) is 4.21. The lowest BCUT2D eigenvalue weighted by Gasteiger charge is -2.41. The minimum absolute atomic E-state index is 0.0838. The van der Waals surface area contributed by atoms with Crippen molar-refractivity contribution in [3.05, 3.63) is 30.3 Å². The van der Waals surface area contributed by atoms with Crippen LogP contribution in [0.15, 0.2) is 30.3 Å². The number of hydrogen-bond acceptors (Lipinski definition) is 3. The van der Waals surface area contributed by atoms with Crippen molar-refractivity contribution in [2.75, 3.05) is 19.7 Å². The highest BCUT2D eigenvalue weighted by Gasteiger charge is 2.36. The second-order valence-corrected chi connectivity index (χ2v) is 5.45. The van der Waals surface area contributed by atoms with Gasteiger partial charge < -0.3 is 14.7 Å². The number of hydrogen-bond donors (Lipinski definition) is 1. The summed E-state index contributed by atoms with van der Waals surface area (Å²) in [6, 6.07) is 9.51. The molecule has 0 saturated carbocycles. The maximum atomic E-state index is 11.9. The molecule has 1 heterocycles. The first kappa shape index (κ1) is 15.4. The maximum absolute atomic E-state index is 11.9. The van der Waals surface area contributed by atoms with Gasteiger partial charge in [0.25, 0.3) is 0 Å². The lowest BCUT2D eigenvalue weighted by Crippen LogP contribution is -2.53. The number of likely N-dealkylation sites (tertiary alicyclic amines) is 1. The van der Waals surface area contributed by atoms with Gasteiger partial charge in [0.1, 0.15) is 5.75 Å². The Kier molecular flexibility index (Phi) is 5.20. The smallest absolute Gasteiger partial charge is 0.306 e. The molecule has 2 rings (SSSR count). The number of nitrogens with zero attached hydrogens (tertiary/aromatic N) is 1. The molecule has 21 heavy (non-hydrogen) atoms. The third-order valence-electron chi connectivity index (χ3n) is 3.91. The number of rotatable bonds is 7. The Balaban J connectivity index is 1.60. The van der Waals surface area contributed by atoms with Crippen molar-refractivity contribution in [2.24, 2.45) is 11.8 Å². The summed E-state index contributed by atoms with van der Waals surface area (Å²) in [5.74, 6) is -0.185. The molecule has 1 saturated heterocycles. The van der Waals surface area contributed by atoms with Crippen LogP contribution in [0.3, 0.4) is 0 Å². The summed E-state index contributed by atoms with van der Waals surface area (Å²) in [6.07, 6.45) is 1.12. The molecule has 1 aromatic carbocycles. The fourth-order valence-corrected chi connectivity index (χ4v) is 2.32. The largest absolute Gasteiger partial charge is 0.494 e. The van der Waals surface area contributed by atoms with Gasteiger partial charge in [0, 0.05) is 25.4 Å². The Hall–Kier alpha value is -2.04. The molecule has 0 bridgehead atoms. The number of ether oxygens (including phenoxy) is 1. The molecule has 1 amide bonds. The van der Waals surface area contributed by atoms with Crippen LogP contribution in [0.2, 0.25) is 0 Å². The molecule has 0 radical (unpaired) electrons. The number of amides is 1. The minimum Gasteiger partial charge on any atom is -0.494 e. The summed E-state index contributed by atoms with van der Waals surface area (Å²) < 4.78 is 5.53. The average Bonchev–Trinajstić information content (AvgIpc) is 2.43. The Bertz CT molecular complexity index is 482. The third-order valence-corrected chi connectivity index (χ3v) is 3.91. The van der Waals surface area contributed by atoms with Crippen LogP contribution < -0.4 is 4.74 Å². The number of benzene rings is 1. The van der Waals surface area contributed by atoms with Crippen molar-refractivity contribution < 1.29 is 19.4 Å². The summed E-state index contributed by atoms with van der Waals surface area (Å²) >= 11 is 0. The number of aliphatic carboxylic acids is 1. The number of para-hydroxylation sites is 1. The van der Waals surface area contributed by atoms with Crippen LogP contribution in [0.4, 0.5) is 0 Å². The molecular weight excluding hydrogens is 270 g/mol. The second-order valence-electron chi connectivity index (χ2n) is 5.45. The lowest BCUT2D eigenvalue weighted by atomic mass is 9.87. The van der Waals surface area contributed by atoms with Gasteiger partial charge >= 0.3 is 5.97 Å². The Morgan fingerprint density at radius 1 is 1.33 bits per heavy atom. The van der Waals surface area contributed by atoms with Crippen LogP contribution in [-0.2, 0) is 9.59 Å². The van der Waals surface area contributed by atoms with Crippen LogP contribution in [0.1, 0.15) is 19.8 Å². The zero-order valence-electron chi connectivity index (χ0n) is 12.2. The van der Waals surface area contributed by atoms with Crippen LogP contribution >= 0.6 is 0 Å². The molecule has 1 unspecified atom stereocenters. The molecule has 1 aliphatic rings. The summed E-state index contributed by atoms with van der Waals surface area (Å²) in [5.41, 5.74) is 0. The van der Waals surface area contributed by atoms with E-state index in [4.69, 9.17) is 9.84 Å². The molecule has 0 aliphatic carbocycles. The van der Waals surface area contributed by atoms with E-state index in [0.29, 0.717) is 32.5 Å². The van der Waals surface area contributed by atoms with Gasteiger partial charge in [0.15, 0.2) is 0 Å². The molecule has 0 spiro atoms. The zero-order chi connectivity index (χ0) is 15.2. The molecule has 5 heteroatoms. The predicted molar refractivity (Wildman–Crippen MR) is 78.0 cm³/mol. The molecule has 1 aromatic rings. The van der Waals surface area contributed by atoms with E-state index in [1.807, 2.05) is 30.3 Å².